The summed E-state index contributed by atoms with van der Waals surface area (Å²) in [6.07, 6.45) is 3.52. The van der Waals surface area contributed by atoms with Gasteiger partial charge in [-0.15, -0.1) is 0 Å². The largest absolute Gasteiger partial charge is 0.495 e. The lowest BCUT2D eigenvalue weighted by Gasteiger charge is -2.07. The quantitative estimate of drug-likeness (QED) is 0.796. The Morgan fingerprint density at radius 1 is 1.20 bits per heavy atom. The molecule has 0 fully saturated rings. The summed E-state index contributed by atoms with van der Waals surface area (Å²) in [6.45, 7) is 0. The maximum Gasteiger partial charge on any atom is 0.138 e. The molecule has 3 rings (SSSR count). The molecule has 0 saturated carbocycles. The van der Waals surface area contributed by atoms with Crippen LogP contribution in [0, 0.1) is 0 Å². The Kier molecular flexibility index (Phi) is 3.39. The summed E-state index contributed by atoms with van der Waals surface area (Å²) in [6, 6.07) is 11.4. The molecule has 5 heteroatoms. The number of aromatic amines is 1. The average Bonchev–Trinajstić information content (AvgIpc) is 2.98. The van der Waals surface area contributed by atoms with Crippen molar-refractivity contribution < 1.29 is 4.74 Å². The molecule has 20 heavy (non-hydrogen) atoms. The van der Waals surface area contributed by atoms with Crippen LogP contribution in [0.25, 0.3) is 22.5 Å². The van der Waals surface area contributed by atoms with Gasteiger partial charge in [0.1, 0.15) is 5.75 Å². The molecular formula is C15H12ClN3O. The van der Waals surface area contributed by atoms with E-state index < -0.39 is 0 Å². The lowest BCUT2D eigenvalue weighted by Crippen LogP contribution is -1.88. The second kappa shape index (κ2) is 5.35. The van der Waals surface area contributed by atoms with E-state index in [-0.39, 0.29) is 0 Å². The average molecular weight is 286 g/mol. The zero-order valence-corrected chi connectivity index (χ0v) is 11.6. The maximum atomic E-state index is 6.05. The first-order chi connectivity index (χ1) is 9.79. The predicted molar refractivity (Wildman–Crippen MR) is 78.8 cm³/mol. The summed E-state index contributed by atoms with van der Waals surface area (Å²) in [5, 5.41) is 7.70. The molecule has 0 aliphatic carbocycles. The molecule has 0 unspecified atom stereocenters. The molecule has 0 aliphatic heterocycles. The van der Waals surface area contributed by atoms with Gasteiger partial charge in [-0.25, -0.2) is 0 Å². The molecule has 1 N–H and O–H groups in total. The molecule has 4 nitrogen and oxygen atoms in total. The SMILES string of the molecule is COc1cc(-c2[nH]ncc2-c2ccccn2)ccc1Cl. The molecule has 2 heterocycles. The molecule has 0 amide bonds. The minimum atomic E-state index is 0.579. The summed E-state index contributed by atoms with van der Waals surface area (Å²) in [5.41, 5.74) is 3.64. The number of pyridine rings is 1. The smallest absolute Gasteiger partial charge is 0.138 e. The van der Waals surface area contributed by atoms with Crippen molar-refractivity contribution in [3.63, 3.8) is 0 Å². The molecule has 3 aromatic rings. The van der Waals surface area contributed by atoms with Gasteiger partial charge in [-0.3, -0.25) is 10.1 Å². The van der Waals surface area contributed by atoms with Crippen LogP contribution in [0.5, 0.6) is 5.75 Å². The third-order valence-corrected chi connectivity index (χ3v) is 3.33. The van der Waals surface area contributed by atoms with Crippen LogP contribution >= 0.6 is 11.6 Å². The highest BCUT2D eigenvalue weighted by Gasteiger charge is 2.12. The Labute approximate surface area is 121 Å². The van der Waals surface area contributed by atoms with Gasteiger partial charge in [0.05, 0.1) is 29.7 Å². The fraction of sp³-hybridized carbons (Fsp3) is 0.0667. The zero-order chi connectivity index (χ0) is 13.9. The maximum absolute atomic E-state index is 6.05. The van der Waals surface area contributed by atoms with Crippen LogP contribution in [0.4, 0.5) is 0 Å². The van der Waals surface area contributed by atoms with Crippen molar-refractivity contribution in [3.8, 4) is 28.3 Å². The van der Waals surface area contributed by atoms with Crippen molar-refractivity contribution in [1.82, 2.24) is 15.2 Å². The number of nitrogens with one attached hydrogen (secondary N) is 1. The van der Waals surface area contributed by atoms with Gasteiger partial charge in [-0.2, -0.15) is 5.10 Å². The first-order valence-corrected chi connectivity index (χ1v) is 6.46. The Morgan fingerprint density at radius 2 is 2.10 bits per heavy atom. The van der Waals surface area contributed by atoms with Crippen LogP contribution in [0.2, 0.25) is 5.02 Å². The van der Waals surface area contributed by atoms with Crippen LogP contribution in [-0.4, -0.2) is 22.3 Å². The highest BCUT2D eigenvalue weighted by molar-refractivity contribution is 6.32. The summed E-state index contributed by atoms with van der Waals surface area (Å²) in [5.74, 6) is 0.630. The molecule has 1 aromatic carbocycles. The fourth-order valence-electron chi connectivity index (χ4n) is 2.04. The van der Waals surface area contributed by atoms with Gasteiger partial charge in [-0.1, -0.05) is 23.7 Å². The van der Waals surface area contributed by atoms with Gasteiger partial charge in [0, 0.05) is 17.3 Å². The second-order valence-electron chi connectivity index (χ2n) is 4.22. The van der Waals surface area contributed by atoms with E-state index in [0.717, 1.165) is 22.5 Å². The fourth-order valence-corrected chi connectivity index (χ4v) is 2.23. The number of rotatable bonds is 3. The van der Waals surface area contributed by atoms with E-state index in [0.29, 0.717) is 10.8 Å². The zero-order valence-electron chi connectivity index (χ0n) is 10.8. The molecule has 0 aliphatic rings. The molecule has 0 bridgehead atoms. The van der Waals surface area contributed by atoms with Gasteiger partial charge >= 0.3 is 0 Å². The number of hydrogen-bond acceptors (Lipinski definition) is 3. The van der Waals surface area contributed by atoms with Crippen molar-refractivity contribution >= 4 is 11.6 Å². The van der Waals surface area contributed by atoms with Crippen molar-refractivity contribution in [2.45, 2.75) is 0 Å². The van der Waals surface area contributed by atoms with Gasteiger partial charge in [0.15, 0.2) is 0 Å². The van der Waals surface area contributed by atoms with Crippen LogP contribution < -0.4 is 4.74 Å². The summed E-state index contributed by atoms with van der Waals surface area (Å²) in [7, 11) is 1.59. The Morgan fingerprint density at radius 3 is 2.85 bits per heavy atom. The van der Waals surface area contributed by atoms with Crippen molar-refractivity contribution in [1.29, 1.82) is 0 Å². The third kappa shape index (κ3) is 2.26. The monoisotopic (exact) mass is 285 g/mol. The molecule has 100 valence electrons. The topological polar surface area (TPSA) is 50.8 Å². The van der Waals surface area contributed by atoms with E-state index in [2.05, 4.69) is 15.2 Å². The standard InChI is InChI=1S/C15H12ClN3O/c1-20-14-8-10(5-6-12(14)16)15-11(9-18-19-15)13-4-2-3-7-17-13/h2-9H,1H3,(H,18,19). The first-order valence-electron chi connectivity index (χ1n) is 6.08. The Hall–Kier alpha value is -2.33. The number of aromatic nitrogens is 3. The highest BCUT2D eigenvalue weighted by atomic mass is 35.5. The Balaban J connectivity index is 2.10. The van der Waals surface area contributed by atoms with E-state index >= 15 is 0 Å². The van der Waals surface area contributed by atoms with Crippen LogP contribution in [0.15, 0.2) is 48.8 Å². The number of benzene rings is 1. The van der Waals surface area contributed by atoms with E-state index in [4.69, 9.17) is 16.3 Å². The normalized spacial score (nSPS) is 10.5. The minimum Gasteiger partial charge on any atom is -0.495 e. The molecule has 0 atom stereocenters. The van der Waals surface area contributed by atoms with Crippen LogP contribution in [0.1, 0.15) is 0 Å². The number of ether oxygens (including phenoxy) is 1. The lowest BCUT2D eigenvalue weighted by atomic mass is 10.1. The van der Waals surface area contributed by atoms with Gasteiger partial charge in [-0.05, 0) is 24.3 Å². The van der Waals surface area contributed by atoms with Crippen molar-refractivity contribution in [2.24, 2.45) is 0 Å². The van der Waals surface area contributed by atoms with E-state index in [1.54, 1.807) is 25.6 Å². The number of hydrogen-bond donors (Lipinski definition) is 1. The molecule has 0 spiro atoms. The molecule has 2 aromatic heterocycles. The lowest BCUT2D eigenvalue weighted by molar-refractivity contribution is 0.415. The third-order valence-electron chi connectivity index (χ3n) is 3.02. The van der Waals surface area contributed by atoms with E-state index in [1.807, 2.05) is 30.3 Å². The number of H-pyrrole nitrogens is 1. The van der Waals surface area contributed by atoms with Crippen molar-refractivity contribution in [3.05, 3.63) is 53.8 Å². The second-order valence-corrected chi connectivity index (χ2v) is 4.63. The molecule has 0 saturated heterocycles. The number of methoxy groups -OCH3 is 1. The van der Waals surface area contributed by atoms with Gasteiger partial charge in [0.25, 0.3) is 0 Å². The molecular weight excluding hydrogens is 274 g/mol. The minimum absolute atomic E-state index is 0.579. The van der Waals surface area contributed by atoms with Gasteiger partial charge < -0.3 is 4.74 Å². The first kappa shape index (κ1) is 12.7. The van der Waals surface area contributed by atoms with E-state index in [1.165, 1.54) is 0 Å². The molecule has 0 radical (unpaired) electrons. The Bertz CT molecular complexity index is 725. The summed E-state index contributed by atoms with van der Waals surface area (Å²) >= 11 is 6.05. The number of nitrogens with zero attached hydrogens (tertiary/aromatic N) is 2. The highest BCUT2D eigenvalue weighted by Crippen LogP contribution is 2.33. The number of halogens is 1. The van der Waals surface area contributed by atoms with E-state index in [9.17, 15) is 0 Å². The van der Waals surface area contributed by atoms with Crippen LogP contribution in [-0.2, 0) is 0 Å². The summed E-state index contributed by atoms with van der Waals surface area (Å²) < 4.78 is 5.25. The summed E-state index contributed by atoms with van der Waals surface area (Å²) in [4.78, 5) is 4.35. The van der Waals surface area contributed by atoms with Gasteiger partial charge in [0.2, 0.25) is 0 Å². The van der Waals surface area contributed by atoms with Crippen molar-refractivity contribution in [2.75, 3.05) is 7.11 Å². The predicted octanol–water partition coefficient (Wildman–Crippen LogP) is 3.80. The van der Waals surface area contributed by atoms with Crippen LogP contribution in [0.3, 0.4) is 0 Å².